The summed E-state index contributed by atoms with van der Waals surface area (Å²) in [5, 5.41) is 4.40. The zero-order valence-corrected chi connectivity index (χ0v) is 12.0. The minimum absolute atomic E-state index is 0.119. The summed E-state index contributed by atoms with van der Waals surface area (Å²) >= 11 is 2.59. The van der Waals surface area contributed by atoms with E-state index in [9.17, 15) is 0 Å². The number of anilines is 1. The second-order valence-electron chi connectivity index (χ2n) is 3.55. The second kappa shape index (κ2) is 5.46. The molecule has 9 nitrogen and oxygen atoms in total. The lowest BCUT2D eigenvalue weighted by Gasteiger charge is -2.01. The number of aryl methyl sites for hydroxylation is 1. The Kier molecular flexibility index (Phi) is 3.52. The van der Waals surface area contributed by atoms with Crippen LogP contribution in [0.2, 0.25) is 0 Å². The molecule has 0 aliphatic rings. The van der Waals surface area contributed by atoms with Crippen LogP contribution in [0.25, 0.3) is 5.95 Å². The Bertz CT molecular complexity index is 708. The number of hydrogen-bond acceptors (Lipinski definition) is 10. The fourth-order valence-electron chi connectivity index (χ4n) is 1.32. The minimum atomic E-state index is 0.119. The van der Waals surface area contributed by atoms with Gasteiger partial charge < -0.3 is 5.73 Å². The molecule has 0 aliphatic carbocycles. The first kappa shape index (κ1) is 12.9. The molecule has 0 saturated heterocycles. The largest absolute Gasteiger partial charge is 0.368 e. The molecule has 0 spiro atoms. The summed E-state index contributed by atoms with van der Waals surface area (Å²) in [4.78, 5) is 20.5. The van der Waals surface area contributed by atoms with Gasteiger partial charge >= 0.3 is 0 Å². The maximum Gasteiger partial charge on any atom is 0.257 e. The highest BCUT2D eigenvalue weighted by Gasteiger charge is 2.11. The van der Waals surface area contributed by atoms with Gasteiger partial charge in [-0.25, -0.2) is 9.97 Å². The monoisotopic (exact) mass is 307 g/mol. The molecule has 102 valence electrons. The van der Waals surface area contributed by atoms with E-state index in [4.69, 9.17) is 5.73 Å². The second-order valence-corrected chi connectivity index (χ2v) is 5.51. The highest BCUT2D eigenvalue weighted by atomic mass is 32.2. The number of hydrogen-bond donors (Lipinski definition) is 1. The van der Waals surface area contributed by atoms with Gasteiger partial charge in [-0.3, -0.25) is 0 Å². The van der Waals surface area contributed by atoms with Crippen molar-refractivity contribution in [2.75, 3.05) is 5.73 Å². The van der Waals surface area contributed by atoms with Crippen LogP contribution < -0.4 is 5.73 Å². The summed E-state index contributed by atoms with van der Waals surface area (Å²) in [6, 6.07) is 0. The predicted octanol–water partition coefficient (Wildman–Crippen LogP) is 0.600. The van der Waals surface area contributed by atoms with Crippen molar-refractivity contribution in [2.24, 2.45) is 0 Å². The van der Waals surface area contributed by atoms with Gasteiger partial charge in [0, 0.05) is 6.42 Å². The predicted molar refractivity (Wildman–Crippen MR) is 72.6 cm³/mol. The molecule has 0 unspecified atom stereocenters. The summed E-state index contributed by atoms with van der Waals surface area (Å²) in [6.07, 6.45) is 3.68. The molecular weight excluding hydrogens is 298 g/mol. The van der Waals surface area contributed by atoms with E-state index in [1.165, 1.54) is 40.6 Å². The number of nitrogens with two attached hydrogens (primary N) is 1. The fraction of sp³-hybridized carbons (Fsp3) is 0.222. The summed E-state index contributed by atoms with van der Waals surface area (Å²) in [5.74, 6) is 1.24. The standard InChI is InChI=1S/C9H9N9S2/c1-2-5-13-9(20-17-5)19-8-15-6(10)14-7(16-8)18-4-11-3-12-18/h3-4H,2H2,1H3,(H2,10,14,15,16). The summed E-state index contributed by atoms with van der Waals surface area (Å²) < 4.78 is 6.38. The molecule has 0 radical (unpaired) electrons. The molecule has 2 N–H and O–H groups in total. The lowest BCUT2D eigenvalue weighted by molar-refractivity contribution is 0.763. The molecule has 3 rings (SSSR count). The first-order valence-corrected chi connectivity index (χ1v) is 7.20. The van der Waals surface area contributed by atoms with Gasteiger partial charge in [0.05, 0.1) is 0 Å². The Morgan fingerprint density at radius 1 is 1.30 bits per heavy atom. The normalized spacial score (nSPS) is 10.8. The van der Waals surface area contributed by atoms with Crippen molar-refractivity contribution in [3.05, 3.63) is 18.5 Å². The lowest BCUT2D eigenvalue weighted by atomic mass is 10.5. The maximum atomic E-state index is 5.68. The third-order valence-corrected chi connectivity index (χ3v) is 3.84. The smallest absolute Gasteiger partial charge is 0.257 e. The zero-order chi connectivity index (χ0) is 13.9. The molecule has 0 fully saturated rings. The van der Waals surface area contributed by atoms with Gasteiger partial charge in [0.25, 0.3) is 5.95 Å². The van der Waals surface area contributed by atoms with E-state index in [1.54, 1.807) is 0 Å². The summed E-state index contributed by atoms with van der Waals surface area (Å²) in [7, 11) is 0. The summed E-state index contributed by atoms with van der Waals surface area (Å²) in [6.45, 7) is 2.00. The molecule has 0 saturated carbocycles. The van der Waals surface area contributed by atoms with Crippen LogP contribution in [0.5, 0.6) is 0 Å². The molecule has 11 heteroatoms. The van der Waals surface area contributed by atoms with Crippen molar-refractivity contribution in [2.45, 2.75) is 22.8 Å². The number of nitrogens with zero attached hydrogens (tertiary/aromatic N) is 8. The van der Waals surface area contributed by atoms with E-state index >= 15 is 0 Å². The molecule has 3 aromatic heterocycles. The highest BCUT2D eigenvalue weighted by molar-refractivity contribution is 8.00. The average Bonchev–Trinajstić information content (AvgIpc) is 3.09. The average molecular weight is 307 g/mol. The third-order valence-electron chi connectivity index (χ3n) is 2.19. The first-order valence-electron chi connectivity index (χ1n) is 5.61. The number of aromatic nitrogens is 8. The van der Waals surface area contributed by atoms with Crippen molar-refractivity contribution in [1.82, 2.24) is 39.1 Å². The van der Waals surface area contributed by atoms with Crippen LogP contribution in [0.4, 0.5) is 5.95 Å². The fourth-order valence-corrected chi connectivity index (χ4v) is 2.88. The Labute approximate surface area is 121 Å². The van der Waals surface area contributed by atoms with Crippen molar-refractivity contribution in [3.8, 4) is 5.95 Å². The maximum absolute atomic E-state index is 5.68. The molecular formula is C9H9N9S2. The van der Waals surface area contributed by atoms with Gasteiger partial charge in [-0.05, 0) is 23.3 Å². The van der Waals surface area contributed by atoms with E-state index in [-0.39, 0.29) is 5.95 Å². The lowest BCUT2D eigenvalue weighted by Crippen LogP contribution is -2.07. The molecule has 0 amide bonds. The van der Waals surface area contributed by atoms with Gasteiger partial charge in [0.1, 0.15) is 18.5 Å². The third kappa shape index (κ3) is 2.72. The Hall–Kier alpha value is -2.14. The van der Waals surface area contributed by atoms with Crippen LogP contribution >= 0.6 is 23.3 Å². The van der Waals surface area contributed by atoms with Crippen molar-refractivity contribution < 1.29 is 0 Å². The van der Waals surface area contributed by atoms with Crippen molar-refractivity contribution >= 4 is 29.2 Å². The molecule has 0 aliphatic heterocycles. The van der Waals surface area contributed by atoms with Crippen LogP contribution in [0.1, 0.15) is 12.7 Å². The van der Waals surface area contributed by atoms with Crippen LogP contribution in [-0.2, 0) is 6.42 Å². The van der Waals surface area contributed by atoms with Crippen molar-refractivity contribution in [1.29, 1.82) is 0 Å². The van der Waals surface area contributed by atoms with Gasteiger partial charge in [-0.2, -0.15) is 29.1 Å². The number of rotatable bonds is 4. The van der Waals surface area contributed by atoms with Gasteiger partial charge in [-0.1, -0.05) is 6.92 Å². The van der Waals surface area contributed by atoms with Crippen molar-refractivity contribution in [3.63, 3.8) is 0 Å². The Balaban J connectivity index is 1.90. The Morgan fingerprint density at radius 2 is 2.20 bits per heavy atom. The Morgan fingerprint density at radius 3 is 2.90 bits per heavy atom. The molecule has 0 aromatic carbocycles. The SMILES string of the molecule is CCc1nsc(Sc2nc(N)nc(-n3cncn3)n2)n1. The van der Waals surface area contributed by atoms with E-state index in [1.807, 2.05) is 6.92 Å². The molecule has 3 heterocycles. The van der Waals surface area contributed by atoms with Gasteiger partial charge in [0.15, 0.2) is 4.34 Å². The van der Waals surface area contributed by atoms with Crippen LogP contribution in [-0.4, -0.2) is 39.1 Å². The van der Waals surface area contributed by atoms with E-state index in [0.29, 0.717) is 11.1 Å². The van der Waals surface area contributed by atoms with Gasteiger partial charge in [-0.15, -0.1) is 0 Å². The van der Waals surface area contributed by atoms with E-state index < -0.39 is 0 Å². The molecule has 0 atom stereocenters. The molecule has 3 aromatic rings. The highest BCUT2D eigenvalue weighted by Crippen LogP contribution is 2.26. The van der Waals surface area contributed by atoms with Gasteiger partial charge in [0.2, 0.25) is 11.1 Å². The van der Waals surface area contributed by atoms with Crippen LogP contribution in [0.3, 0.4) is 0 Å². The number of nitrogen functional groups attached to an aromatic ring is 1. The minimum Gasteiger partial charge on any atom is -0.368 e. The van der Waals surface area contributed by atoms with E-state index in [0.717, 1.165) is 16.6 Å². The van der Waals surface area contributed by atoms with E-state index in [2.05, 4.69) is 34.4 Å². The summed E-state index contributed by atoms with van der Waals surface area (Å²) in [5.41, 5.74) is 5.68. The quantitative estimate of drug-likeness (QED) is 0.738. The van der Waals surface area contributed by atoms with Crippen LogP contribution in [0.15, 0.2) is 22.2 Å². The molecule has 0 bridgehead atoms. The topological polar surface area (TPSA) is 121 Å². The first-order chi connectivity index (χ1) is 9.74. The zero-order valence-electron chi connectivity index (χ0n) is 10.3. The van der Waals surface area contributed by atoms with Crippen LogP contribution in [0, 0.1) is 0 Å². The molecule has 20 heavy (non-hydrogen) atoms.